The molecule has 1 atom stereocenters. The first kappa shape index (κ1) is 10.7. The van der Waals surface area contributed by atoms with E-state index >= 15 is 0 Å². The molecule has 0 amide bonds. The van der Waals surface area contributed by atoms with Crippen LogP contribution in [0.3, 0.4) is 0 Å². The molecule has 1 N–H and O–H groups in total. The number of halogens is 1. The highest BCUT2D eigenvalue weighted by Crippen LogP contribution is 2.26. The topological polar surface area (TPSA) is 52.2 Å². The first-order valence-corrected chi connectivity index (χ1v) is 6.10. The van der Waals surface area contributed by atoms with Crippen molar-refractivity contribution < 1.29 is 13.2 Å². The van der Waals surface area contributed by atoms with Gasteiger partial charge in [0.15, 0.2) is 0 Å². The Hall–Kier alpha value is -0.820. The summed E-state index contributed by atoms with van der Waals surface area (Å²) in [5, 5.41) is 2.59. The fraction of sp³-hybridized carbons (Fsp3) is 0.111. The van der Waals surface area contributed by atoms with Crippen LogP contribution >= 0.6 is 11.3 Å². The molecule has 2 aromatic rings. The van der Waals surface area contributed by atoms with Crippen LogP contribution in [0, 0.1) is 5.82 Å². The van der Waals surface area contributed by atoms with Gasteiger partial charge in [-0.2, -0.15) is 0 Å². The molecular formula is C9H7FNO2S2-. The molecule has 0 saturated heterocycles. The molecule has 2 rings (SSSR count). The van der Waals surface area contributed by atoms with Crippen LogP contribution in [-0.4, -0.2) is 8.76 Å². The van der Waals surface area contributed by atoms with E-state index < -0.39 is 11.3 Å². The summed E-state index contributed by atoms with van der Waals surface area (Å²) in [7, 11) is 0. The van der Waals surface area contributed by atoms with E-state index in [0.29, 0.717) is 0 Å². The van der Waals surface area contributed by atoms with Crippen molar-refractivity contribution in [3.05, 3.63) is 35.0 Å². The maximum Gasteiger partial charge on any atom is 0.123 e. The van der Waals surface area contributed by atoms with Gasteiger partial charge in [0.25, 0.3) is 0 Å². The van der Waals surface area contributed by atoms with Crippen molar-refractivity contribution in [1.82, 2.24) is 4.72 Å². The maximum absolute atomic E-state index is 13.0. The molecule has 3 nitrogen and oxygen atoms in total. The largest absolute Gasteiger partial charge is 0.760 e. The van der Waals surface area contributed by atoms with E-state index in [4.69, 9.17) is 0 Å². The zero-order chi connectivity index (χ0) is 10.8. The first-order chi connectivity index (χ1) is 7.16. The number of thiophene rings is 1. The minimum Gasteiger partial charge on any atom is -0.760 e. The summed E-state index contributed by atoms with van der Waals surface area (Å²) in [4.78, 5) is 0. The smallest absolute Gasteiger partial charge is 0.123 e. The zero-order valence-corrected chi connectivity index (χ0v) is 9.16. The van der Waals surface area contributed by atoms with Gasteiger partial charge in [-0.25, -0.2) is 9.11 Å². The molecule has 0 spiro atoms. The highest BCUT2D eigenvalue weighted by atomic mass is 32.2. The summed E-state index contributed by atoms with van der Waals surface area (Å²) in [6, 6.07) is 4.49. The number of benzene rings is 1. The summed E-state index contributed by atoms with van der Waals surface area (Å²) in [5.74, 6) is -0.314. The van der Waals surface area contributed by atoms with Gasteiger partial charge in [-0.1, -0.05) is 0 Å². The van der Waals surface area contributed by atoms with Gasteiger partial charge >= 0.3 is 0 Å². The summed E-state index contributed by atoms with van der Waals surface area (Å²) in [6.45, 7) is 0.194. The van der Waals surface area contributed by atoms with Gasteiger partial charge < -0.3 is 4.55 Å². The van der Waals surface area contributed by atoms with Crippen LogP contribution in [0.25, 0.3) is 10.1 Å². The van der Waals surface area contributed by atoms with E-state index in [1.54, 1.807) is 6.07 Å². The van der Waals surface area contributed by atoms with Crippen LogP contribution in [0.15, 0.2) is 23.6 Å². The molecule has 0 bridgehead atoms. The van der Waals surface area contributed by atoms with Crippen LogP contribution in [0.4, 0.5) is 4.39 Å². The maximum atomic E-state index is 13.0. The van der Waals surface area contributed by atoms with E-state index in [1.807, 2.05) is 5.38 Å². The first-order valence-electron chi connectivity index (χ1n) is 4.15. The lowest BCUT2D eigenvalue weighted by molar-refractivity contribution is 0.523. The second-order valence-electron chi connectivity index (χ2n) is 2.96. The molecular weight excluding hydrogens is 237 g/mol. The molecule has 1 heterocycles. The molecule has 1 aromatic carbocycles. The molecule has 15 heavy (non-hydrogen) atoms. The average Bonchev–Trinajstić information content (AvgIpc) is 2.57. The second kappa shape index (κ2) is 4.36. The molecule has 6 heteroatoms. The van der Waals surface area contributed by atoms with Gasteiger partial charge in [0, 0.05) is 22.5 Å². The van der Waals surface area contributed by atoms with Crippen molar-refractivity contribution in [2.24, 2.45) is 0 Å². The number of hydrogen-bond donors (Lipinski definition) is 1. The quantitative estimate of drug-likeness (QED) is 0.839. The van der Waals surface area contributed by atoms with Gasteiger partial charge in [-0.05, 0) is 34.5 Å². The molecule has 0 aliphatic heterocycles. The van der Waals surface area contributed by atoms with Crippen molar-refractivity contribution >= 4 is 32.7 Å². The van der Waals surface area contributed by atoms with Gasteiger partial charge in [-0.15, -0.1) is 11.3 Å². The normalized spacial score (nSPS) is 13.2. The Morgan fingerprint density at radius 3 is 3.07 bits per heavy atom. The second-order valence-corrected chi connectivity index (χ2v) is 4.63. The third-order valence-electron chi connectivity index (χ3n) is 2.00. The van der Waals surface area contributed by atoms with Gasteiger partial charge in [0.2, 0.25) is 0 Å². The van der Waals surface area contributed by atoms with E-state index in [-0.39, 0.29) is 12.4 Å². The van der Waals surface area contributed by atoms with Gasteiger partial charge in [0.05, 0.1) is 0 Å². The minimum atomic E-state index is -2.29. The van der Waals surface area contributed by atoms with Gasteiger partial charge in [-0.3, -0.25) is 4.21 Å². The molecule has 80 valence electrons. The van der Waals surface area contributed by atoms with E-state index in [0.717, 1.165) is 15.6 Å². The van der Waals surface area contributed by atoms with E-state index in [2.05, 4.69) is 4.72 Å². The van der Waals surface area contributed by atoms with Crippen LogP contribution in [0.1, 0.15) is 5.56 Å². The van der Waals surface area contributed by atoms with Crippen LogP contribution in [0.2, 0.25) is 0 Å². The third-order valence-corrected chi connectivity index (χ3v) is 3.39. The fourth-order valence-electron chi connectivity index (χ4n) is 1.33. The Morgan fingerprint density at radius 1 is 1.53 bits per heavy atom. The highest BCUT2D eigenvalue weighted by Gasteiger charge is 2.04. The highest BCUT2D eigenvalue weighted by molar-refractivity contribution is 7.77. The SMILES string of the molecule is O=S([O-])NCc1csc2ccc(F)cc12. The van der Waals surface area contributed by atoms with Crippen molar-refractivity contribution in [3.63, 3.8) is 0 Å². The molecule has 0 fully saturated rings. The zero-order valence-electron chi connectivity index (χ0n) is 7.53. The van der Waals surface area contributed by atoms with Crippen LogP contribution in [-0.2, 0) is 17.8 Å². The number of rotatable bonds is 3. The van der Waals surface area contributed by atoms with Crippen molar-refractivity contribution in [2.75, 3.05) is 0 Å². The predicted molar refractivity (Wildman–Crippen MR) is 57.5 cm³/mol. The van der Waals surface area contributed by atoms with Crippen molar-refractivity contribution in [3.8, 4) is 0 Å². The lowest BCUT2D eigenvalue weighted by Crippen LogP contribution is -2.15. The number of hydrogen-bond acceptors (Lipinski definition) is 3. The average molecular weight is 244 g/mol. The fourth-order valence-corrected chi connectivity index (χ4v) is 2.54. The summed E-state index contributed by atoms with van der Waals surface area (Å²) < 4.78 is 36.8. The van der Waals surface area contributed by atoms with Crippen molar-refractivity contribution in [2.45, 2.75) is 6.54 Å². The summed E-state index contributed by atoms with van der Waals surface area (Å²) >= 11 is -0.821. The molecule has 1 aromatic heterocycles. The standard InChI is InChI=1S/C9H8FNO2S2/c10-7-1-2-9-8(3-7)6(5-14-9)4-11-15(12)13/h1-3,5,11H,4H2,(H,12,13)/p-1. The Morgan fingerprint density at radius 2 is 2.33 bits per heavy atom. The van der Waals surface area contributed by atoms with Gasteiger partial charge in [0.1, 0.15) is 5.82 Å². The minimum absolute atomic E-state index is 0.194. The summed E-state index contributed by atoms with van der Waals surface area (Å²) in [5.41, 5.74) is 0.790. The molecule has 1 unspecified atom stereocenters. The lowest BCUT2D eigenvalue weighted by Gasteiger charge is -2.05. The Balaban J connectivity index is 2.35. The lowest BCUT2D eigenvalue weighted by atomic mass is 10.2. The molecule has 0 aliphatic rings. The molecule has 0 saturated carbocycles. The number of fused-ring (bicyclic) bond motifs is 1. The summed E-state index contributed by atoms with van der Waals surface area (Å²) in [6.07, 6.45) is 0. The monoisotopic (exact) mass is 244 g/mol. The predicted octanol–water partition coefficient (Wildman–Crippen LogP) is 1.92. The Kier molecular flexibility index (Phi) is 3.11. The van der Waals surface area contributed by atoms with Crippen LogP contribution in [0.5, 0.6) is 0 Å². The van der Waals surface area contributed by atoms with Crippen molar-refractivity contribution in [1.29, 1.82) is 0 Å². The Bertz CT molecular complexity index is 512. The molecule has 0 radical (unpaired) electrons. The van der Waals surface area contributed by atoms with Crippen LogP contribution < -0.4 is 4.72 Å². The van der Waals surface area contributed by atoms with E-state index in [1.165, 1.54) is 23.5 Å². The molecule has 0 aliphatic carbocycles. The third kappa shape index (κ3) is 2.40. The van der Waals surface area contributed by atoms with E-state index in [9.17, 15) is 13.2 Å². The Labute approximate surface area is 92.3 Å². The number of nitrogens with one attached hydrogen (secondary N) is 1.